The summed E-state index contributed by atoms with van der Waals surface area (Å²) in [5, 5.41) is 14.4. The van der Waals surface area contributed by atoms with Gasteiger partial charge < -0.3 is 24.3 Å². The normalized spacial score (nSPS) is 10.9. The third-order valence-electron chi connectivity index (χ3n) is 9.79. The Bertz CT molecular complexity index is 2850. The van der Waals surface area contributed by atoms with Gasteiger partial charge in [-0.25, -0.2) is 9.59 Å². The van der Waals surface area contributed by atoms with Gasteiger partial charge in [0, 0.05) is 39.3 Å². The third kappa shape index (κ3) is 8.29. The van der Waals surface area contributed by atoms with Gasteiger partial charge in [0.25, 0.3) is 5.69 Å². The minimum absolute atomic E-state index is 0.0444. The summed E-state index contributed by atoms with van der Waals surface area (Å²) in [6.45, 7) is 0. The van der Waals surface area contributed by atoms with Gasteiger partial charge in [0.05, 0.1) is 52.7 Å². The van der Waals surface area contributed by atoms with Crippen molar-refractivity contribution in [2.24, 2.45) is 0 Å². The van der Waals surface area contributed by atoms with Gasteiger partial charge in [-0.3, -0.25) is 10.1 Å². The number of para-hydroxylation sites is 4. The van der Waals surface area contributed by atoms with E-state index in [0.29, 0.717) is 39.7 Å². The summed E-state index contributed by atoms with van der Waals surface area (Å²) >= 11 is 12.1. The molecule has 0 radical (unpaired) electrons. The first-order valence-electron chi connectivity index (χ1n) is 18.1. The van der Waals surface area contributed by atoms with Crippen LogP contribution in [0.1, 0.15) is 43.0 Å². The number of nitrogens with zero attached hydrogens (tertiary/aromatic N) is 3. The van der Waals surface area contributed by atoms with E-state index in [1.54, 1.807) is 47.0 Å². The van der Waals surface area contributed by atoms with E-state index in [1.165, 1.54) is 20.3 Å². The van der Waals surface area contributed by atoms with Crippen LogP contribution in [-0.2, 0) is 22.3 Å². The van der Waals surface area contributed by atoms with E-state index in [1.807, 2.05) is 73.1 Å². The maximum atomic E-state index is 12.1. The molecule has 10 nitrogen and oxygen atoms in total. The number of esters is 2. The van der Waals surface area contributed by atoms with Crippen molar-refractivity contribution in [3.8, 4) is 11.4 Å². The number of ether oxygens (including phenoxy) is 2. The van der Waals surface area contributed by atoms with Gasteiger partial charge in [-0.05, 0) is 114 Å². The first-order chi connectivity index (χ1) is 28.0. The summed E-state index contributed by atoms with van der Waals surface area (Å²) in [6.07, 6.45) is 4.96. The predicted molar refractivity (Wildman–Crippen MR) is 229 cm³/mol. The Hall–Kier alpha value is -6.88. The standard InChI is InChI=1S/C23H17ClN2O4.C23H19ClN2O2/c1-30-23(27)19-14-18(24)8-7-16(19)12-15-6-9-20-17(13-15)10-11-25(20)21-4-2-3-5-22(21)26(28)29;1-28-23(27)19-14-18(24)8-7-16(19)12-15-6-9-21-17(13-15)10-11-26(21)22-5-3-2-4-20(22)25/h2-11,13-14H,12H2,1H3;2-11,13-14H,12,25H2,1H3. The fourth-order valence-electron chi connectivity index (χ4n) is 7.00. The second kappa shape index (κ2) is 17.1. The summed E-state index contributed by atoms with van der Waals surface area (Å²) < 4.78 is 13.6. The number of carbonyl (C=O) groups is 2. The molecule has 0 saturated heterocycles. The average molecular weight is 812 g/mol. The van der Waals surface area contributed by atoms with Gasteiger partial charge in [0.2, 0.25) is 0 Å². The maximum Gasteiger partial charge on any atom is 0.338 e. The van der Waals surface area contributed by atoms with Gasteiger partial charge >= 0.3 is 11.9 Å². The molecule has 0 spiro atoms. The van der Waals surface area contributed by atoms with Crippen molar-refractivity contribution >= 4 is 68.3 Å². The van der Waals surface area contributed by atoms with Crippen molar-refractivity contribution < 1.29 is 24.0 Å². The molecule has 0 unspecified atom stereocenters. The number of rotatable bonds is 9. The SMILES string of the molecule is COC(=O)c1cc(Cl)ccc1Cc1ccc2c(ccn2-c2ccccc2N)c1.COC(=O)c1cc(Cl)ccc1Cc1ccc2c(ccn2-c2ccccc2[N+](=O)[O-])c1. The summed E-state index contributed by atoms with van der Waals surface area (Å²) in [4.78, 5) is 35.2. The van der Waals surface area contributed by atoms with Crippen LogP contribution in [0.3, 0.4) is 0 Å². The molecule has 0 saturated carbocycles. The number of nitrogen functional groups attached to an aromatic ring is 1. The highest BCUT2D eigenvalue weighted by Crippen LogP contribution is 2.30. The molecule has 290 valence electrons. The van der Waals surface area contributed by atoms with Crippen LogP contribution in [0.15, 0.2) is 146 Å². The lowest BCUT2D eigenvalue weighted by Crippen LogP contribution is -2.06. The number of nitrogens with two attached hydrogens (primary N) is 1. The number of halogens is 2. The van der Waals surface area contributed by atoms with E-state index in [2.05, 4.69) is 28.8 Å². The van der Waals surface area contributed by atoms with E-state index in [4.69, 9.17) is 38.4 Å². The van der Waals surface area contributed by atoms with Gasteiger partial charge in [0.1, 0.15) is 5.69 Å². The molecule has 0 aliphatic carbocycles. The van der Waals surface area contributed by atoms with Gasteiger partial charge in [-0.15, -0.1) is 0 Å². The Kier molecular flexibility index (Phi) is 11.6. The van der Waals surface area contributed by atoms with Gasteiger partial charge in [-0.1, -0.05) is 71.7 Å². The number of hydrogen-bond donors (Lipinski definition) is 1. The van der Waals surface area contributed by atoms with Crippen LogP contribution in [-0.4, -0.2) is 40.2 Å². The van der Waals surface area contributed by atoms with Gasteiger partial charge in [-0.2, -0.15) is 0 Å². The Labute approximate surface area is 343 Å². The zero-order valence-electron chi connectivity index (χ0n) is 31.4. The molecule has 8 aromatic rings. The molecule has 2 N–H and O–H groups in total. The average Bonchev–Trinajstić information content (AvgIpc) is 3.86. The Balaban J connectivity index is 0.000000177. The number of methoxy groups -OCH3 is 2. The van der Waals surface area contributed by atoms with E-state index in [-0.39, 0.29) is 16.6 Å². The molecule has 12 heteroatoms. The third-order valence-corrected chi connectivity index (χ3v) is 10.3. The summed E-state index contributed by atoms with van der Waals surface area (Å²) in [5.41, 5.74) is 15.0. The summed E-state index contributed by atoms with van der Waals surface area (Å²) in [6, 6.07) is 41.0. The molecule has 2 aromatic heterocycles. The molecular weight excluding hydrogens is 775 g/mol. The topological polar surface area (TPSA) is 132 Å². The minimum atomic E-state index is -0.434. The fourth-order valence-corrected chi connectivity index (χ4v) is 7.34. The zero-order chi connectivity index (χ0) is 40.9. The van der Waals surface area contributed by atoms with Crippen LogP contribution in [0.5, 0.6) is 0 Å². The number of anilines is 1. The number of carbonyl (C=O) groups excluding carboxylic acids is 2. The minimum Gasteiger partial charge on any atom is -0.465 e. The van der Waals surface area contributed by atoms with E-state index in [9.17, 15) is 19.7 Å². The molecule has 6 aromatic carbocycles. The van der Waals surface area contributed by atoms with Crippen molar-refractivity contribution in [1.82, 2.24) is 9.13 Å². The number of nitro benzene ring substituents is 1. The number of hydrogen-bond acceptors (Lipinski definition) is 7. The summed E-state index contributed by atoms with van der Waals surface area (Å²) in [5.74, 6) is -0.819. The molecule has 0 bridgehead atoms. The van der Waals surface area contributed by atoms with Crippen LogP contribution in [0.4, 0.5) is 11.4 Å². The lowest BCUT2D eigenvalue weighted by Gasteiger charge is -2.11. The Morgan fingerprint density at radius 2 is 1.09 bits per heavy atom. The van der Waals surface area contributed by atoms with Crippen molar-refractivity contribution in [2.45, 2.75) is 12.8 Å². The molecule has 0 atom stereocenters. The second-order valence-corrected chi connectivity index (χ2v) is 14.3. The van der Waals surface area contributed by atoms with Crippen molar-refractivity contribution in [3.63, 3.8) is 0 Å². The van der Waals surface area contributed by atoms with Crippen molar-refractivity contribution in [3.05, 3.63) is 199 Å². The van der Waals surface area contributed by atoms with Crippen LogP contribution < -0.4 is 5.73 Å². The first kappa shape index (κ1) is 39.4. The smallest absolute Gasteiger partial charge is 0.338 e. The fraction of sp³-hybridized carbons (Fsp3) is 0.0870. The molecule has 0 aliphatic heterocycles. The van der Waals surface area contributed by atoms with Crippen LogP contribution in [0, 0.1) is 10.1 Å². The first-order valence-corrected chi connectivity index (χ1v) is 18.8. The summed E-state index contributed by atoms with van der Waals surface area (Å²) in [7, 11) is 2.71. The van der Waals surface area contributed by atoms with Crippen molar-refractivity contribution in [1.29, 1.82) is 0 Å². The van der Waals surface area contributed by atoms with Gasteiger partial charge in [0.15, 0.2) is 0 Å². The van der Waals surface area contributed by atoms with Crippen LogP contribution in [0.2, 0.25) is 10.0 Å². The molecule has 0 fully saturated rings. The second-order valence-electron chi connectivity index (χ2n) is 13.4. The van der Waals surface area contributed by atoms with E-state index in [0.717, 1.165) is 55.4 Å². The molecule has 8 rings (SSSR count). The largest absolute Gasteiger partial charge is 0.465 e. The molecule has 58 heavy (non-hydrogen) atoms. The lowest BCUT2D eigenvalue weighted by molar-refractivity contribution is -0.384. The highest BCUT2D eigenvalue weighted by molar-refractivity contribution is 6.31. The van der Waals surface area contributed by atoms with Crippen LogP contribution in [0.25, 0.3) is 33.2 Å². The number of nitro groups is 1. The Morgan fingerprint density at radius 3 is 1.57 bits per heavy atom. The quantitative estimate of drug-likeness (QED) is 0.0664. The number of benzene rings is 6. The van der Waals surface area contributed by atoms with E-state index < -0.39 is 5.97 Å². The number of aromatic nitrogens is 2. The Morgan fingerprint density at radius 1 is 0.621 bits per heavy atom. The monoisotopic (exact) mass is 810 g/mol. The zero-order valence-corrected chi connectivity index (χ0v) is 32.9. The molecule has 0 amide bonds. The molecular formula is C46H36Cl2N4O6. The van der Waals surface area contributed by atoms with Crippen molar-refractivity contribution in [2.75, 3.05) is 20.0 Å². The van der Waals surface area contributed by atoms with Crippen LogP contribution >= 0.6 is 23.2 Å². The molecule has 0 aliphatic rings. The maximum absolute atomic E-state index is 12.1. The highest BCUT2D eigenvalue weighted by Gasteiger charge is 2.18. The lowest BCUT2D eigenvalue weighted by atomic mass is 9.99. The van der Waals surface area contributed by atoms with E-state index >= 15 is 0 Å². The predicted octanol–water partition coefficient (Wildman–Crippen LogP) is 10.8. The number of fused-ring (bicyclic) bond motifs is 2. The molecule has 2 heterocycles. The highest BCUT2D eigenvalue weighted by atomic mass is 35.5.